The van der Waals surface area contributed by atoms with Crippen LogP contribution in [-0.4, -0.2) is 50.2 Å². The molecule has 0 bridgehead atoms. The van der Waals surface area contributed by atoms with Crippen molar-refractivity contribution < 1.29 is 20.6 Å². The SMILES string of the molecule is CC(C)C[Si](Cl)(CC(C)C)O[Si](C)(C)O[Si](C)(C)O[Si](C)(C)O[Si](C)(C)O[Si](C)(C)C. The molecule has 0 aliphatic carbocycles. The first-order valence-electron chi connectivity index (χ1n) is 11.6. The van der Waals surface area contributed by atoms with Crippen LogP contribution < -0.4 is 0 Å². The molecule has 0 saturated heterocycles. The van der Waals surface area contributed by atoms with E-state index in [2.05, 4.69) is 99.7 Å². The van der Waals surface area contributed by atoms with Crippen molar-refractivity contribution in [1.29, 1.82) is 0 Å². The Hall–Kier alpha value is 1.39. The molecule has 188 valence electrons. The third-order valence-corrected chi connectivity index (χ3v) is 28.0. The summed E-state index contributed by atoms with van der Waals surface area (Å²) >= 11 is 7.15. The maximum Gasteiger partial charge on any atom is 0.314 e. The molecule has 0 saturated carbocycles. The summed E-state index contributed by atoms with van der Waals surface area (Å²) in [6.45, 7) is 32.3. The summed E-state index contributed by atoms with van der Waals surface area (Å²) < 4.78 is 32.9. The summed E-state index contributed by atoms with van der Waals surface area (Å²) in [6.07, 6.45) is 0. The van der Waals surface area contributed by atoms with Crippen LogP contribution >= 0.6 is 11.1 Å². The van der Waals surface area contributed by atoms with E-state index in [0.29, 0.717) is 11.8 Å². The second-order valence-electron chi connectivity index (χ2n) is 12.3. The van der Waals surface area contributed by atoms with Crippen molar-refractivity contribution >= 4 is 61.3 Å². The largest absolute Gasteiger partial charge is 0.437 e. The molecule has 0 rings (SSSR count). The molecule has 0 heterocycles. The summed E-state index contributed by atoms with van der Waals surface area (Å²) in [4.78, 5) is 0. The maximum atomic E-state index is 7.15. The Balaban J connectivity index is 5.33. The van der Waals surface area contributed by atoms with E-state index >= 15 is 0 Å². The van der Waals surface area contributed by atoms with Gasteiger partial charge in [-0.05, 0) is 95.9 Å². The van der Waals surface area contributed by atoms with Gasteiger partial charge in [-0.1, -0.05) is 27.7 Å². The van der Waals surface area contributed by atoms with Crippen LogP contribution in [0.5, 0.6) is 0 Å². The average molecular weight is 564 g/mol. The predicted octanol–water partition coefficient (Wildman–Crippen LogP) is 7.70. The molecule has 5 nitrogen and oxygen atoms in total. The fourth-order valence-electron chi connectivity index (χ4n) is 4.42. The van der Waals surface area contributed by atoms with Gasteiger partial charge in [-0.25, -0.2) is 0 Å². The number of rotatable bonds is 14. The molecule has 0 aromatic carbocycles. The molecule has 0 radical (unpaired) electrons. The van der Waals surface area contributed by atoms with Crippen LogP contribution in [0.1, 0.15) is 27.7 Å². The van der Waals surface area contributed by atoms with Crippen LogP contribution in [0.15, 0.2) is 0 Å². The second-order valence-corrected chi connectivity index (χ2v) is 36.5. The minimum absolute atomic E-state index is 0.507. The summed E-state index contributed by atoms with van der Waals surface area (Å²) in [5, 5.41) is 0. The molecule has 0 aromatic rings. The predicted molar refractivity (Wildman–Crippen MR) is 150 cm³/mol. The monoisotopic (exact) mass is 562 g/mol. The molecule has 0 amide bonds. The summed E-state index contributed by atoms with van der Waals surface area (Å²) in [5.74, 6) is 1.01. The minimum atomic E-state index is -2.50. The topological polar surface area (TPSA) is 46.2 Å². The van der Waals surface area contributed by atoms with Gasteiger partial charge >= 0.3 is 34.2 Å². The molecule has 0 aliphatic heterocycles. The van der Waals surface area contributed by atoms with Gasteiger partial charge in [0.15, 0.2) is 8.32 Å². The molecule has 0 N–H and O–H groups in total. The first-order chi connectivity index (χ1) is 13.4. The van der Waals surface area contributed by atoms with Gasteiger partial charge in [0.2, 0.25) is 0 Å². The molecule has 0 aromatic heterocycles. The van der Waals surface area contributed by atoms with E-state index in [-0.39, 0.29) is 0 Å². The van der Waals surface area contributed by atoms with Crippen LogP contribution in [0.4, 0.5) is 0 Å². The Labute approximate surface area is 204 Å². The quantitative estimate of drug-likeness (QED) is 0.160. The Bertz CT molecular complexity index is 554. The van der Waals surface area contributed by atoms with Crippen LogP contribution in [0.2, 0.25) is 84.1 Å². The van der Waals surface area contributed by atoms with E-state index in [9.17, 15) is 0 Å². The second kappa shape index (κ2) is 11.4. The van der Waals surface area contributed by atoms with Crippen molar-refractivity contribution in [1.82, 2.24) is 0 Å². The first-order valence-corrected chi connectivity index (χ1v) is 29.6. The summed E-state index contributed by atoms with van der Waals surface area (Å²) in [5.41, 5.74) is 0. The Morgan fingerprint density at radius 2 is 0.742 bits per heavy atom. The van der Waals surface area contributed by atoms with E-state index < -0.39 is 50.2 Å². The normalized spacial score (nSPS) is 15.3. The lowest BCUT2D eigenvalue weighted by atomic mass is 10.3. The lowest BCUT2D eigenvalue weighted by Gasteiger charge is -2.43. The first kappa shape index (κ1) is 32.4. The highest BCUT2D eigenvalue weighted by Crippen LogP contribution is 2.34. The number of hydrogen-bond acceptors (Lipinski definition) is 5. The molecule has 0 spiro atoms. The highest BCUT2D eigenvalue weighted by Gasteiger charge is 2.48. The van der Waals surface area contributed by atoms with Crippen molar-refractivity contribution in [2.45, 2.75) is 112 Å². The van der Waals surface area contributed by atoms with Gasteiger partial charge in [0, 0.05) is 0 Å². The van der Waals surface area contributed by atoms with Crippen molar-refractivity contribution in [3.8, 4) is 0 Å². The molecule has 0 atom stereocenters. The Kier molecular flexibility index (Phi) is 11.9. The lowest BCUT2D eigenvalue weighted by molar-refractivity contribution is 0.282. The molecule has 0 aliphatic rings. The molecular formula is C19H51ClO5Si6. The van der Waals surface area contributed by atoms with Gasteiger partial charge in [0.1, 0.15) is 0 Å². The molecule has 12 heteroatoms. The number of halogens is 1. The van der Waals surface area contributed by atoms with Gasteiger partial charge < -0.3 is 20.6 Å². The van der Waals surface area contributed by atoms with E-state index in [4.69, 9.17) is 31.7 Å². The van der Waals surface area contributed by atoms with Crippen molar-refractivity contribution in [3.05, 3.63) is 0 Å². The van der Waals surface area contributed by atoms with Crippen LogP contribution in [-0.2, 0) is 20.6 Å². The Morgan fingerprint density at radius 1 is 0.484 bits per heavy atom. The molecular weight excluding hydrogens is 512 g/mol. The summed E-state index contributed by atoms with van der Waals surface area (Å²) in [6, 6.07) is 1.87. The maximum absolute atomic E-state index is 7.15. The summed E-state index contributed by atoms with van der Waals surface area (Å²) in [7, 11) is -13.8. The number of hydrogen-bond donors (Lipinski definition) is 0. The van der Waals surface area contributed by atoms with Gasteiger partial charge in [-0.15, -0.1) is 11.1 Å². The molecule has 0 fully saturated rings. The lowest BCUT2D eigenvalue weighted by Crippen LogP contribution is -2.60. The third-order valence-electron chi connectivity index (χ3n) is 3.88. The van der Waals surface area contributed by atoms with Crippen molar-refractivity contribution in [2.75, 3.05) is 0 Å². The highest BCUT2D eigenvalue weighted by molar-refractivity contribution is 7.19. The fourth-order valence-corrected chi connectivity index (χ4v) is 37.0. The zero-order valence-electron chi connectivity index (χ0n) is 23.0. The van der Waals surface area contributed by atoms with E-state index in [1.807, 2.05) is 0 Å². The molecule has 0 unspecified atom stereocenters. The zero-order valence-corrected chi connectivity index (χ0v) is 29.7. The van der Waals surface area contributed by atoms with E-state index in [0.717, 1.165) is 12.1 Å². The van der Waals surface area contributed by atoms with Crippen LogP contribution in [0, 0.1) is 11.8 Å². The Morgan fingerprint density at radius 3 is 1.00 bits per heavy atom. The third kappa shape index (κ3) is 15.8. The van der Waals surface area contributed by atoms with Crippen molar-refractivity contribution in [2.24, 2.45) is 11.8 Å². The fraction of sp³-hybridized carbons (Fsp3) is 1.00. The highest BCUT2D eigenvalue weighted by atomic mass is 35.6. The van der Waals surface area contributed by atoms with Gasteiger partial charge in [-0.3, -0.25) is 0 Å². The van der Waals surface area contributed by atoms with Crippen LogP contribution in [0.3, 0.4) is 0 Å². The van der Waals surface area contributed by atoms with E-state index in [1.165, 1.54) is 0 Å². The van der Waals surface area contributed by atoms with E-state index in [1.54, 1.807) is 0 Å². The molecule has 31 heavy (non-hydrogen) atoms. The van der Waals surface area contributed by atoms with Gasteiger partial charge in [-0.2, -0.15) is 0 Å². The minimum Gasteiger partial charge on any atom is -0.437 e. The smallest absolute Gasteiger partial charge is 0.314 e. The standard InChI is InChI=1S/C19H51ClO5Si6/c1-18(2)16-31(20,17-19(3)4)25-30(14,15)24-29(12,13)23-28(10,11)22-27(8,9)21-26(5,6)7/h18-19H,16-17H2,1-15H3. The van der Waals surface area contributed by atoms with Gasteiger partial charge in [0.05, 0.1) is 0 Å². The van der Waals surface area contributed by atoms with Crippen LogP contribution in [0.25, 0.3) is 0 Å². The average Bonchev–Trinajstić information content (AvgIpc) is 2.24. The zero-order chi connectivity index (χ0) is 25.1. The van der Waals surface area contributed by atoms with Gasteiger partial charge in [0.25, 0.3) is 7.63 Å². The van der Waals surface area contributed by atoms with Crippen molar-refractivity contribution in [3.63, 3.8) is 0 Å².